The summed E-state index contributed by atoms with van der Waals surface area (Å²) in [6.07, 6.45) is 1.83. The van der Waals surface area contributed by atoms with Crippen molar-refractivity contribution in [2.24, 2.45) is 7.05 Å². The molecule has 0 radical (unpaired) electrons. The number of rotatable bonds is 5. The predicted molar refractivity (Wildman–Crippen MR) is 81.8 cm³/mol. The minimum Gasteiger partial charge on any atom is -0.363 e. The first-order valence-electron chi connectivity index (χ1n) is 6.84. The largest absolute Gasteiger partial charge is 0.363 e. The first-order chi connectivity index (χ1) is 9.50. The van der Waals surface area contributed by atoms with Crippen LogP contribution in [0.15, 0.2) is 24.4 Å². The average molecular weight is 273 g/mol. The van der Waals surface area contributed by atoms with Crippen LogP contribution in [-0.2, 0) is 13.6 Å². The maximum absolute atomic E-state index is 4.50. The third kappa shape index (κ3) is 2.99. The molecule has 20 heavy (non-hydrogen) atoms. The van der Waals surface area contributed by atoms with Crippen LogP contribution in [0.4, 0.5) is 5.82 Å². The van der Waals surface area contributed by atoms with E-state index >= 15 is 0 Å². The van der Waals surface area contributed by atoms with E-state index in [-0.39, 0.29) is 6.04 Å². The van der Waals surface area contributed by atoms with E-state index in [0.29, 0.717) is 0 Å². The molecule has 2 aromatic rings. The summed E-state index contributed by atoms with van der Waals surface area (Å²) < 4.78 is 1.93. The summed E-state index contributed by atoms with van der Waals surface area (Å²) in [7, 11) is 6.07. The van der Waals surface area contributed by atoms with Gasteiger partial charge in [-0.25, -0.2) is 0 Å². The molecule has 0 aromatic carbocycles. The quantitative estimate of drug-likeness (QED) is 0.905. The Kier molecular flexibility index (Phi) is 4.39. The second kappa shape index (κ2) is 6.05. The van der Waals surface area contributed by atoms with Gasteiger partial charge in [0.15, 0.2) is 0 Å². The maximum Gasteiger partial charge on any atom is 0.130 e. The van der Waals surface area contributed by atoms with Crippen molar-refractivity contribution in [2.45, 2.75) is 26.4 Å². The molecule has 2 aromatic heterocycles. The monoisotopic (exact) mass is 273 g/mol. The molecule has 1 N–H and O–H groups in total. The first kappa shape index (κ1) is 14.5. The van der Waals surface area contributed by atoms with Crippen LogP contribution < -0.4 is 10.2 Å². The second-order valence-electron chi connectivity index (χ2n) is 5.26. The van der Waals surface area contributed by atoms with E-state index in [4.69, 9.17) is 0 Å². The zero-order chi connectivity index (χ0) is 14.7. The van der Waals surface area contributed by atoms with Crippen LogP contribution in [0.1, 0.15) is 29.9 Å². The van der Waals surface area contributed by atoms with Gasteiger partial charge in [0.25, 0.3) is 0 Å². The van der Waals surface area contributed by atoms with Crippen molar-refractivity contribution in [3.05, 3.63) is 41.3 Å². The molecule has 5 heteroatoms. The lowest BCUT2D eigenvalue weighted by Gasteiger charge is -2.17. The maximum atomic E-state index is 4.50. The molecule has 2 heterocycles. The molecule has 5 nitrogen and oxygen atoms in total. The van der Waals surface area contributed by atoms with Gasteiger partial charge in [0, 0.05) is 45.5 Å². The standard InChI is InChI=1S/C15H23N5/c1-11-13(15(19(3)4)20(5)18-11)10-17-12(2)14-8-6-7-9-16-14/h6-9,12,17H,10H2,1-5H3. The SMILES string of the molecule is Cc1nn(C)c(N(C)C)c1CNC(C)c1ccccn1. The summed E-state index contributed by atoms with van der Waals surface area (Å²) in [4.78, 5) is 6.48. The molecule has 0 bridgehead atoms. The van der Waals surface area contributed by atoms with Crippen molar-refractivity contribution in [1.82, 2.24) is 20.1 Å². The van der Waals surface area contributed by atoms with E-state index in [0.717, 1.165) is 23.8 Å². The van der Waals surface area contributed by atoms with Crippen molar-refractivity contribution in [3.63, 3.8) is 0 Å². The number of nitrogens with one attached hydrogen (secondary N) is 1. The summed E-state index contributed by atoms with van der Waals surface area (Å²) in [6, 6.07) is 6.21. The Bertz CT molecular complexity index is 559. The van der Waals surface area contributed by atoms with E-state index in [9.17, 15) is 0 Å². The number of aromatic nitrogens is 3. The minimum atomic E-state index is 0.214. The molecule has 2 rings (SSSR count). The Morgan fingerprint density at radius 1 is 1.35 bits per heavy atom. The highest BCUT2D eigenvalue weighted by Crippen LogP contribution is 2.22. The van der Waals surface area contributed by atoms with Gasteiger partial charge in [0.1, 0.15) is 5.82 Å². The van der Waals surface area contributed by atoms with Crippen LogP contribution in [0.2, 0.25) is 0 Å². The third-order valence-corrected chi connectivity index (χ3v) is 3.45. The number of hydrogen-bond donors (Lipinski definition) is 1. The van der Waals surface area contributed by atoms with E-state index in [1.165, 1.54) is 5.56 Å². The van der Waals surface area contributed by atoms with Crippen LogP contribution in [0.5, 0.6) is 0 Å². The zero-order valence-corrected chi connectivity index (χ0v) is 12.9. The minimum absolute atomic E-state index is 0.214. The van der Waals surface area contributed by atoms with Crippen molar-refractivity contribution >= 4 is 5.82 Å². The summed E-state index contributed by atoms with van der Waals surface area (Å²) in [5.41, 5.74) is 3.36. The molecule has 0 aliphatic rings. The third-order valence-electron chi connectivity index (χ3n) is 3.45. The van der Waals surface area contributed by atoms with Crippen molar-refractivity contribution < 1.29 is 0 Å². The lowest BCUT2D eigenvalue weighted by molar-refractivity contribution is 0.560. The van der Waals surface area contributed by atoms with Crippen molar-refractivity contribution in [1.29, 1.82) is 0 Å². The number of anilines is 1. The molecular formula is C15H23N5. The zero-order valence-electron chi connectivity index (χ0n) is 12.9. The summed E-state index contributed by atoms with van der Waals surface area (Å²) >= 11 is 0. The number of hydrogen-bond acceptors (Lipinski definition) is 4. The fraction of sp³-hybridized carbons (Fsp3) is 0.467. The molecule has 0 amide bonds. The highest BCUT2D eigenvalue weighted by molar-refractivity contribution is 5.48. The van der Waals surface area contributed by atoms with Crippen molar-refractivity contribution in [3.8, 4) is 0 Å². The molecule has 0 aliphatic heterocycles. The van der Waals surface area contributed by atoms with Gasteiger partial charge in [-0.1, -0.05) is 6.07 Å². The highest BCUT2D eigenvalue weighted by atomic mass is 15.4. The van der Waals surface area contributed by atoms with Crippen LogP contribution in [0.25, 0.3) is 0 Å². The van der Waals surface area contributed by atoms with Gasteiger partial charge in [0.05, 0.1) is 11.4 Å². The van der Waals surface area contributed by atoms with E-state index in [2.05, 4.69) is 34.1 Å². The number of nitrogens with zero attached hydrogens (tertiary/aromatic N) is 4. The van der Waals surface area contributed by atoms with Crippen molar-refractivity contribution in [2.75, 3.05) is 19.0 Å². The van der Waals surface area contributed by atoms with Gasteiger partial charge in [-0.3, -0.25) is 9.67 Å². The van der Waals surface area contributed by atoms with E-state index in [1.807, 2.05) is 50.2 Å². The Hall–Kier alpha value is -1.88. The van der Waals surface area contributed by atoms with Gasteiger partial charge in [-0.15, -0.1) is 0 Å². The number of pyridine rings is 1. The molecule has 1 atom stereocenters. The Balaban J connectivity index is 2.12. The molecular weight excluding hydrogens is 250 g/mol. The summed E-state index contributed by atoms with van der Waals surface area (Å²) in [5, 5.41) is 8.02. The smallest absolute Gasteiger partial charge is 0.130 e. The fourth-order valence-corrected chi connectivity index (χ4v) is 2.45. The molecule has 0 saturated heterocycles. The lowest BCUT2D eigenvalue weighted by atomic mass is 10.2. The Labute approximate surface area is 120 Å². The van der Waals surface area contributed by atoms with Crippen LogP contribution in [-0.4, -0.2) is 28.9 Å². The highest BCUT2D eigenvalue weighted by Gasteiger charge is 2.16. The molecule has 0 fully saturated rings. The molecule has 0 spiro atoms. The fourth-order valence-electron chi connectivity index (χ4n) is 2.45. The Morgan fingerprint density at radius 2 is 2.10 bits per heavy atom. The lowest BCUT2D eigenvalue weighted by Crippen LogP contribution is -2.22. The second-order valence-corrected chi connectivity index (χ2v) is 5.26. The first-order valence-corrected chi connectivity index (χ1v) is 6.84. The average Bonchev–Trinajstić information content (AvgIpc) is 2.71. The number of aryl methyl sites for hydroxylation is 2. The summed E-state index contributed by atoms with van der Waals surface area (Å²) in [5.74, 6) is 1.14. The van der Waals surface area contributed by atoms with E-state index in [1.54, 1.807) is 0 Å². The van der Waals surface area contributed by atoms with Gasteiger partial charge in [-0.05, 0) is 26.0 Å². The molecule has 0 saturated carbocycles. The van der Waals surface area contributed by atoms with E-state index < -0.39 is 0 Å². The molecule has 108 valence electrons. The predicted octanol–water partition coefficient (Wildman–Crippen LogP) is 2.04. The molecule has 1 unspecified atom stereocenters. The topological polar surface area (TPSA) is 46.0 Å². The van der Waals surface area contributed by atoms with Crippen LogP contribution >= 0.6 is 0 Å². The van der Waals surface area contributed by atoms with Crippen LogP contribution in [0, 0.1) is 6.92 Å². The van der Waals surface area contributed by atoms with Gasteiger partial charge < -0.3 is 10.2 Å². The van der Waals surface area contributed by atoms with Gasteiger partial charge in [-0.2, -0.15) is 5.10 Å². The van der Waals surface area contributed by atoms with Gasteiger partial charge in [0.2, 0.25) is 0 Å². The Morgan fingerprint density at radius 3 is 2.70 bits per heavy atom. The van der Waals surface area contributed by atoms with Crippen LogP contribution in [0.3, 0.4) is 0 Å². The summed E-state index contributed by atoms with van der Waals surface area (Å²) in [6.45, 7) is 4.96. The van der Waals surface area contributed by atoms with Gasteiger partial charge >= 0.3 is 0 Å². The molecule has 0 aliphatic carbocycles. The normalized spacial score (nSPS) is 12.4.